The van der Waals surface area contributed by atoms with Crippen LogP contribution in [-0.2, 0) is 11.2 Å². The van der Waals surface area contributed by atoms with Crippen LogP contribution < -0.4 is 0 Å². The fourth-order valence-electron chi connectivity index (χ4n) is 2.33. The van der Waals surface area contributed by atoms with Gasteiger partial charge in [-0.25, -0.2) is 0 Å². The molecule has 2 nitrogen and oxygen atoms in total. The van der Waals surface area contributed by atoms with Gasteiger partial charge in [-0.3, -0.25) is 4.79 Å². The molecule has 2 heteroatoms. The molecule has 0 aromatic heterocycles. The summed E-state index contributed by atoms with van der Waals surface area (Å²) in [6.45, 7) is 1.98. The van der Waals surface area contributed by atoms with Gasteiger partial charge in [0.25, 0.3) is 0 Å². The van der Waals surface area contributed by atoms with Crippen molar-refractivity contribution in [2.45, 2.75) is 19.3 Å². The summed E-state index contributed by atoms with van der Waals surface area (Å²) in [5.74, 6) is -1.14. The molecule has 0 aliphatic rings. The second-order valence-corrected chi connectivity index (χ2v) is 4.83. The summed E-state index contributed by atoms with van der Waals surface area (Å²) in [4.78, 5) is 11.5. The van der Waals surface area contributed by atoms with Crippen LogP contribution in [0.5, 0.6) is 0 Å². The Morgan fingerprint density at radius 2 is 1.53 bits per heavy atom. The molecule has 2 atom stereocenters. The maximum Gasteiger partial charge on any atom is 0.307 e. The fraction of sp³-hybridized carbons (Fsp3) is 0.235. The number of hydrogen-bond acceptors (Lipinski definition) is 1. The van der Waals surface area contributed by atoms with Crippen LogP contribution in [-0.4, -0.2) is 11.1 Å². The van der Waals surface area contributed by atoms with Crippen LogP contribution in [0.3, 0.4) is 0 Å². The van der Waals surface area contributed by atoms with Crippen molar-refractivity contribution in [3.8, 4) is 0 Å². The first-order valence-electron chi connectivity index (χ1n) is 6.50. The first-order valence-corrected chi connectivity index (χ1v) is 6.50. The number of carboxylic acids is 1. The first kappa shape index (κ1) is 13.3. The summed E-state index contributed by atoms with van der Waals surface area (Å²) in [5.41, 5.74) is 2.14. The molecule has 0 amide bonds. The number of rotatable bonds is 5. The molecule has 0 saturated heterocycles. The minimum atomic E-state index is -0.736. The Morgan fingerprint density at radius 3 is 2.05 bits per heavy atom. The van der Waals surface area contributed by atoms with E-state index in [0.717, 1.165) is 11.1 Å². The zero-order valence-electron chi connectivity index (χ0n) is 11.0. The number of hydrogen-bond donors (Lipinski definition) is 1. The highest BCUT2D eigenvalue weighted by Gasteiger charge is 2.25. The van der Waals surface area contributed by atoms with E-state index in [1.807, 2.05) is 67.6 Å². The highest BCUT2D eigenvalue weighted by molar-refractivity contribution is 5.71. The standard InChI is InChI=1S/C17H18O2/c1-13(15-10-6-3-7-11-15)16(17(18)19)12-14-8-4-2-5-9-14/h2-11,13,16H,12H2,1H3,(H,18,19). The SMILES string of the molecule is CC(c1ccccc1)C(Cc1ccccc1)C(=O)O. The Labute approximate surface area is 113 Å². The summed E-state index contributed by atoms with van der Waals surface area (Å²) < 4.78 is 0. The average molecular weight is 254 g/mol. The summed E-state index contributed by atoms with van der Waals surface area (Å²) in [6.07, 6.45) is 0.562. The molecular formula is C17H18O2. The predicted octanol–water partition coefficient (Wildman–Crippen LogP) is 3.73. The third-order valence-electron chi connectivity index (χ3n) is 3.54. The van der Waals surface area contributed by atoms with Crippen molar-refractivity contribution in [1.29, 1.82) is 0 Å². The van der Waals surface area contributed by atoms with Gasteiger partial charge in [0.1, 0.15) is 0 Å². The Morgan fingerprint density at radius 1 is 1.00 bits per heavy atom. The molecule has 0 radical (unpaired) electrons. The molecule has 2 aromatic carbocycles. The molecule has 2 unspecified atom stereocenters. The summed E-state index contributed by atoms with van der Waals surface area (Å²) in [5, 5.41) is 9.47. The molecule has 0 saturated carbocycles. The van der Waals surface area contributed by atoms with Crippen LogP contribution >= 0.6 is 0 Å². The maximum absolute atomic E-state index is 11.5. The lowest BCUT2D eigenvalue weighted by atomic mass is 9.83. The summed E-state index contributed by atoms with van der Waals surface area (Å²) >= 11 is 0. The van der Waals surface area contributed by atoms with Gasteiger partial charge in [0.15, 0.2) is 0 Å². The normalized spacial score (nSPS) is 13.7. The molecule has 0 bridgehead atoms. The Bertz CT molecular complexity index is 519. The average Bonchev–Trinajstić information content (AvgIpc) is 2.46. The highest BCUT2D eigenvalue weighted by Crippen LogP contribution is 2.27. The first-order chi connectivity index (χ1) is 9.18. The minimum absolute atomic E-state index is 0.00101. The van der Waals surface area contributed by atoms with Gasteiger partial charge in [0.05, 0.1) is 5.92 Å². The van der Waals surface area contributed by atoms with E-state index in [0.29, 0.717) is 6.42 Å². The van der Waals surface area contributed by atoms with Crippen molar-refractivity contribution in [3.63, 3.8) is 0 Å². The molecule has 98 valence electrons. The lowest BCUT2D eigenvalue weighted by molar-refractivity contribution is -0.142. The van der Waals surface area contributed by atoms with Crippen LogP contribution in [0.15, 0.2) is 60.7 Å². The number of benzene rings is 2. The Kier molecular flexibility index (Phi) is 4.35. The Hall–Kier alpha value is -2.09. The van der Waals surface area contributed by atoms with Crippen LogP contribution in [0.4, 0.5) is 0 Å². The number of carboxylic acid groups (broad SMARTS) is 1. The van der Waals surface area contributed by atoms with Crippen LogP contribution in [0.2, 0.25) is 0 Å². The topological polar surface area (TPSA) is 37.3 Å². The molecule has 0 aliphatic heterocycles. The van der Waals surface area contributed by atoms with E-state index >= 15 is 0 Å². The van der Waals surface area contributed by atoms with Crippen molar-refractivity contribution in [2.75, 3.05) is 0 Å². The summed E-state index contributed by atoms with van der Waals surface area (Å²) in [7, 11) is 0. The van der Waals surface area contributed by atoms with E-state index in [9.17, 15) is 9.90 Å². The van der Waals surface area contributed by atoms with E-state index in [1.54, 1.807) is 0 Å². The van der Waals surface area contributed by atoms with E-state index in [2.05, 4.69) is 0 Å². The second kappa shape index (κ2) is 6.19. The number of carbonyl (C=O) groups is 1. The molecule has 2 aromatic rings. The highest BCUT2D eigenvalue weighted by atomic mass is 16.4. The Balaban J connectivity index is 2.19. The van der Waals surface area contributed by atoms with Gasteiger partial charge in [-0.1, -0.05) is 67.6 Å². The van der Waals surface area contributed by atoms with E-state index in [1.165, 1.54) is 0 Å². The smallest absolute Gasteiger partial charge is 0.307 e. The monoisotopic (exact) mass is 254 g/mol. The van der Waals surface area contributed by atoms with Gasteiger partial charge >= 0.3 is 5.97 Å². The molecular weight excluding hydrogens is 236 g/mol. The fourth-order valence-corrected chi connectivity index (χ4v) is 2.33. The van der Waals surface area contributed by atoms with Gasteiger partial charge in [0.2, 0.25) is 0 Å². The van der Waals surface area contributed by atoms with Crippen LogP contribution in [0, 0.1) is 5.92 Å². The molecule has 0 spiro atoms. The molecule has 0 aliphatic carbocycles. The molecule has 19 heavy (non-hydrogen) atoms. The maximum atomic E-state index is 11.5. The van der Waals surface area contributed by atoms with Crippen molar-refractivity contribution in [2.24, 2.45) is 5.92 Å². The molecule has 0 heterocycles. The quantitative estimate of drug-likeness (QED) is 0.882. The van der Waals surface area contributed by atoms with Gasteiger partial charge in [-0.2, -0.15) is 0 Å². The van der Waals surface area contributed by atoms with E-state index < -0.39 is 11.9 Å². The molecule has 2 rings (SSSR count). The van der Waals surface area contributed by atoms with Crippen molar-refractivity contribution in [1.82, 2.24) is 0 Å². The third kappa shape index (κ3) is 3.44. The third-order valence-corrected chi connectivity index (χ3v) is 3.54. The van der Waals surface area contributed by atoms with Gasteiger partial charge in [-0.05, 0) is 23.5 Å². The second-order valence-electron chi connectivity index (χ2n) is 4.83. The zero-order chi connectivity index (χ0) is 13.7. The van der Waals surface area contributed by atoms with Crippen molar-refractivity contribution >= 4 is 5.97 Å². The minimum Gasteiger partial charge on any atom is -0.481 e. The molecule has 1 N–H and O–H groups in total. The van der Waals surface area contributed by atoms with Gasteiger partial charge in [-0.15, -0.1) is 0 Å². The number of aliphatic carboxylic acids is 1. The van der Waals surface area contributed by atoms with Gasteiger partial charge < -0.3 is 5.11 Å². The van der Waals surface area contributed by atoms with E-state index in [-0.39, 0.29) is 5.92 Å². The van der Waals surface area contributed by atoms with Gasteiger partial charge in [0, 0.05) is 0 Å². The van der Waals surface area contributed by atoms with Crippen molar-refractivity contribution in [3.05, 3.63) is 71.8 Å². The zero-order valence-corrected chi connectivity index (χ0v) is 11.0. The molecule has 0 fully saturated rings. The largest absolute Gasteiger partial charge is 0.481 e. The summed E-state index contributed by atoms with van der Waals surface area (Å²) in [6, 6.07) is 19.6. The van der Waals surface area contributed by atoms with Crippen LogP contribution in [0.1, 0.15) is 24.0 Å². The predicted molar refractivity (Wildman–Crippen MR) is 76.1 cm³/mol. The van der Waals surface area contributed by atoms with Crippen molar-refractivity contribution < 1.29 is 9.90 Å². The van der Waals surface area contributed by atoms with Crippen LogP contribution in [0.25, 0.3) is 0 Å². The lowest BCUT2D eigenvalue weighted by Crippen LogP contribution is -2.22. The lowest BCUT2D eigenvalue weighted by Gasteiger charge is -2.20. The van der Waals surface area contributed by atoms with E-state index in [4.69, 9.17) is 0 Å².